The summed E-state index contributed by atoms with van der Waals surface area (Å²) in [5.74, 6) is -1.17. The number of urea groups is 1. The number of halogens is 2. The SMILES string of the molecule is O=C(Nc1ccccc1)NC1CCC(OCc2c(F)cccc2F)CC1. The molecule has 4 nitrogen and oxygen atoms in total. The molecule has 0 heterocycles. The molecule has 1 aliphatic rings. The summed E-state index contributed by atoms with van der Waals surface area (Å²) in [6.45, 7) is -0.0736. The molecule has 0 spiro atoms. The molecule has 1 aliphatic carbocycles. The number of benzene rings is 2. The normalized spacial score (nSPS) is 19.8. The molecule has 6 heteroatoms. The van der Waals surface area contributed by atoms with Gasteiger partial charge >= 0.3 is 6.03 Å². The van der Waals surface area contributed by atoms with Gasteiger partial charge < -0.3 is 15.4 Å². The van der Waals surface area contributed by atoms with Crippen molar-refractivity contribution < 1.29 is 18.3 Å². The number of para-hydroxylation sites is 1. The fraction of sp³-hybridized carbons (Fsp3) is 0.350. The maximum absolute atomic E-state index is 13.6. The van der Waals surface area contributed by atoms with Gasteiger partial charge in [0.2, 0.25) is 0 Å². The second-order valence-electron chi connectivity index (χ2n) is 6.45. The number of hydrogen-bond acceptors (Lipinski definition) is 2. The highest BCUT2D eigenvalue weighted by Crippen LogP contribution is 2.23. The lowest BCUT2D eigenvalue weighted by atomic mass is 9.93. The Morgan fingerprint density at radius 2 is 1.62 bits per heavy atom. The monoisotopic (exact) mass is 360 g/mol. The molecule has 0 aliphatic heterocycles. The predicted molar refractivity (Wildman–Crippen MR) is 95.8 cm³/mol. The summed E-state index contributed by atoms with van der Waals surface area (Å²) >= 11 is 0. The van der Waals surface area contributed by atoms with E-state index < -0.39 is 11.6 Å². The molecule has 0 bridgehead atoms. The molecule has 2 aromatic carbocycles. The Balaban J connectivity index is 1.41. The van der Waals surface area contributed by atoms with Gasteiger partial charge in [-0.05, 0) is 49.9 Å². The Bertz CT molecular complexity index is 712. The van der Waals surface area contributed by atoms with Crippen LogP contribution in [0.5, 0.6) is 0 Å². The third-order valence-corrected chi connectivity index (χ3v) is 4.57. The Morgan fingerprint density at radius 3 is 2.27 bits per heavy atom. The van der Waals surface area contributed by atoms with Crippen molar-refractivity contribution in [1.82, 2.24) is 5.32 Å². The molecule has 0 aromatic heterocycles. The van der Waals surface area contributed by atoms with Crippen molar-refractivity contribution in [2.24, 2.45) is 0 Å². The summed E-state index contributed by atoms with van der Waals surface area (Å²) in [7, 11) is 0. The smallest absolute Gasteiger partial charge is 0.319 e. The lowest BCUT2D eigenvalue weighted by molar-refractivity contribution is 0.00964. The molecular weight excluding hydrogens is 338 g/mol. The highest BCUT2D eigenvalue weighted by molar-refractivity contribution is 5.89. The van der Waals surface area contributed by atoms with Crippen LogP contribution in [-0.4, -0.2) is 18.2 Å². The van der Waals surface area contributed by atoms with E-state index in [1.54, 1.807) is 0 Å². The maximum atomic E-state index is 13.6. The summed E-state index contributed by atoms with van der Waals surface area (Å²) in [6, 6.07) is 12.9. The zero-order valence-electron chi connectivity index (χ0n) is 14.4. The number of anilines is 1. The van der Waals surface area contributed by atoms with Gasteiger partial charge in [0.15, 0.2) is 0 Å². The van der Waals surface area contributed by atoms with Gasteiger partial charge in [0.05, 0.1) is 12.7 Å². The third-order valence-electron chi connectivity index (χ3n) is 4.57. The first-order valence-electron chi connectivity index (χ1n) is 8.79. The molecule has 0 unspecified atom stereocenters. The number of ether oxygens (including phenoxy) is 1. The van der Waals surface area contributed by atoms with Crippen molar-refractivity contribution in [1.29, 1.82) is 0 Å². The van der Waals surface area contributed by atoms with Crippen LogP contribution in [-0.2, 0) is 11.3 Å². The minimum Gasteiger partial charge on any atom is -0.373 e. The molecule has 2 N–H and O–H groups in total. The summed E-state index contributed by atoms with van der Waals surface area (Å²) < 4.78 is 32.9. The van der Waals surface area contributed by atoms with Crippen LogP contribution < -0.4 is 10.6 Å². The number of rotatable bonds is 5. The third kappa shape index (κ3) is 5.02. The maximum Gasteiger partial charge on any atom is 0.319 e. The molecule has 0 saturated heterocycles. The van der Waals surface area contributed by atoms with Crippen LogP contribution in [0.25, 0.3) is 0 Å². The van der Waals surface area contributed by atoms with Crippen molar-refractivity contribution in [2.75, 3.05) is 5.32 Å². The van der Waals surface area contributed by atoms with E-state index in [2.05, 4.69) is 10.6 Å². The van der Waals surface area contributed by atoms with Gasteiger partial charge in [0, 0.05) is 17.3 Å². The van der Waals surface area contributed by atoms with Crippen LogP contribution in [0.1, 0.15) is 31.2 Å². The van der Waals surface area contributed by atoms with Gasteiger partial charge in [-0.3, -0.25) is 0 Å². The molecule has 2 aromatic rings. The van der Waals surface area contributed by atoms with Gasteiger partial charge in [0.1, 0.15) is 11.6 Å². The van der Waals surface area contributed by atoms with E-state index in [9.17, 15) is 13.6 Å². The lowest BCUT2D eigenvalue weighted by Gasteiger charge is -2.29. The van der Waals surface area contributed by atoms with Gasteiger partial charge in [-0.15, -0.1) is 0 Å². The largest absolute Gasteiger partial charge is 0.373 e. The number of amides is 2. The molecular formula is C20H22F2N2O2. The van der Waals surface area contributed by atoms with Crippen molar-refractivity contribution >= 4 is 11.7 Å². The minimum atomic E-state index is -0.585. The van der Waals surface area contributed by atoms with E-state index in [-0.39, 0.29) is 30.3 Å². The minimum absolute atomic E-state index is 0.0324. The van der Waals surface area contributed by atoms with Crippen LogP contribution in [0.4, 0.5) is 19.3 Å². The molecule has 1 fully saturated rings. The second-order valence-corrected chi connectivity index (χ2v) is 6.45. The number of hydrogen-bond donors (Lipinski definition) is 2. The van der Waals surface area contributed by atoms with Crippen molar-refractivity contribution in [2.45, 2.75) is 44.4 Å². The van der Waals surface area contributed by atoms with Crippen molar-refractivity contribution in [3.63, 3.8) is 0 Å². The molecule has 1 saturated carbocycles. The van der Waals surface area contributed by atoms with Crippen LogP contribution in [0, 0.1) is 11.6 Å². The fourth-order valence-electron chi connectivity index (χ4n) is 3.12. The van der Waals surface area contributed by atoms with Gasteiger partial charge in [0.25, 0.3) is 0 Å². The Hall–Kier alpha value is -2.47. The Kier molecular flexibility index (Phi) is 6.17. The fourth-order valence-corrected chi connectivity index (χ4v) is 3.12. The van der Waals surface area contributed by atoms with Crippen LogP contribution in [0.2, 0.25) is 0 Å². The molecule has 0 radical (unpaired) electrons. The van der Waals surface area contributed by atoms with Crippen molar-refractivity contribution in [3.8, 4) is 0 Å². The predicted octanol–water partition coefficient (Wildman–Crippen LogP) is 4.61. The lowest BCUT2D eigenvalue weighted by Crippen LogP contribution is -2.41. The van der Waals surface area contributed by atoms with Crippen LogP contribution >= 0.6 is 0 Å². The standard InChI is InChI=1S/C20H22F2N2O2/c21-18-7-4-8-19(22)17(18)13-26-16-11-9-15(10-12-16)24-20(25)23-14-5-2-1-3-6-14/h1-8,15-16H,9-13H2,(H2,23,24,25). The summed E-state index contributed by atoms with van der Waals surface area (Å²) in [4.78, 5) is 12.0. The molecule has 2 amide bonds. The second kappa shape index (κ2) is 8.76. The summed E-state index contributed by atoms with van der Waals surface area (Å²) in [5.41, 5.74) is 0.712. The average molecular weight is 360 g/mol. The molecule has 3 rings (SSSR count). The van der Waals surface area contributed by atoms with Gasteiger partial charge in [-0.1, -0.05) is 24.3 Å². The zero-order valence-corrected chi connectivity index (χ0v) is 14.4. The number of carbonyl (C=O) groups excluding carboxylic acids is 1. The highest BCUT2D eigenvalue weighted by Gasteiger charge is 2.23. The summed E-state index contributed by atoms with van der Waals surface area (Å²) in [6.07, 6.45) is 2.97. The molecule has 0 atom stereocenters. The van der Waals surface area contributed by atoms with E-state index >= 15 is 0 Å². The van der Waals surface area contributed by atoms with E-state index in [0.717, 1.165) is 31.4 Å². The van der Waals surface area contributed by atoms with Crippen molar-refractivity contribution in [3.05, 3.63) is 65.7 Å². The average Bonchev–Trinajstić information content (AvgIpc) is 2.63. The Labute approximate surface area is 151 Å². The topological polar surface area (TPSA) is 50.4 Å². The quantitative estimate of drug-likeness (QED) is 0.818. The molecule has 138 valence electrons. The Morgan fingerprint density at radius 1 is 0.962 bits per heavy atom. The highest BCUT2D eigenvalue weighted by atomic mass is 19.1. The van der Waals surface area contributed by atoms with E-state index in [4.69, 9.17) is 4.74 Å². The first-order valence-corrected chi connectivity index (χ1v) is 8.79. The van der Waals surface area contributed by atoms with Gasteiger partial charge in [-0.25, -0.2) is 13.6 Å². The number of carbonyl (C=O) groups is 1. The van der Waals surface area contributed by atoms with E-state index in [1.165, 1.54) is 18.2 Å². The van der Waals surface area contributed by atoms with Crippen LogP contribution in [0.3, 0.4) is 0 Å². The first kappa shape index (κ1) is 18.3. The zero-order chi connectivity index (χ0) is 18.4. The number of nitrogens with one attached hydrogen (secondary N) is 2. The van der Waals surface area contributed by atoms with Gasteiger partial charge in [-0.2, -0.15) is 0 Å². The van der Waals surface area contributed by atoms with Crippen LogP contribution in [0.15, 0.2) is 48.5 Å². The molecule has 26 heavy (non-hydrogen) atoms. The van der Waals surface area contributed by atoms with E-state index in [0.29, 0.717) is 0 Å². The van der Waals surface area contributed by atoms with E-state index in [1.807, 2.05) is 30.3 Å². The first-order chi connectivity index (χ1) is 12.6. The summed E-state index contributed by atoms with van der Waals surface area (Å²) in [5, 5.41) is 5.75.